The van der Waals surface area contributed by atoms with Crippen LogP contribution in [0.4, 0.5) is 0 Å². The molecular weight excluding hydrogens is 772 g/mol. The molecule has 0 aromatic rings. The fourth-order valence-corrected chi connectivity index (χ4v) is 14.3. The van der Waals surface area contributed by atoms with Crippen molar-refractivity contribution in [2.75, 3.05) is 6.61 Å². The van der Waals surface area contributed by atoms with E-state index in [4.69, 9.17) is 23.7 Å². The number of aliphatic carboxylic acids is 2. The number of allylic oxidation sites excluding steroid dienone is 2. The number of hydrogen-bond acceptors (Lipinski definition) is 14. The first-order valence-corrected chi connectivity index (χ1v) is 21.3. The summed E-state index contributed by atoms with van der Waals surface area (Å²) < 4.78 is 29.2. The van der Waals surface area contributed by atoms with Crippen LogP contribution in [-0.4, -0.2) is 134 Å². The molecular formula is C43H62O16. The van der Waals surface area contributed by atoms with Gasteiger partial charge in [-0.3, -0.25) is 9.59 Å². The van der Waals surface area contributed by atoms with Crippen molar-refractivity contribution in [2.45, 2.75) is 167 Å². The highest BCUT2D eigenvalue weighted by molar-refractivity contribution is 5.95. The second-order valence-electron chi connectivity index (χ2n) is 21.2. The maximum Gasteiger partial charge on any atom is 0.335 e. The molecule has 3 heterocycles. The number of aliphatic hydroxyl groups is 5. The summed E-state index contributed by atoms with van der Waals surface area (Å²) in [4.78, 5) is 52.1. The lowest BCUT2D eigenvalue weighted by atomic mass is 9.33. The molecule has 2 bridgehead atoms. The topological polar surface area (TPSA) is 256 Å². The molecule has 7 N–H and O–H groups in total. The van der Waals surface area contributed by atoms with E-state index in [2.05, 4.69) is 27.7 Å². The van der Waals surface area contributed by atoms with Crippen LogP contribution >= 0.6 is 0 Å². The normalized spacial score (nSPS) is 54.0. The van der Waals surface area contributed by atoms with Crippen molar-refractivity contribution in [1.82, 2.24) is 0 Å². The van der Waals surface area contributed by atoms with E-state index >= 15 is 0 Å². The monoisotopic (exact) mass is 834 g/mol. The third kappa shape index (κ3) is 6.01. The molecule has 0 spiro atoms. The average molecular weight is 835 g/mol. The van der Waals surface area contributed by atoms with E-state index in [9.17, 15) is 54.9 Å². The number of fused-ring (bicyclic) bond motifs is 10. The second-order valence-corrected chi connectivity index (χ2v) is 21.2. The van der Waals surface area contributed by atoms with Gasteiger partial charge in [-0.2, -0.15) is 0 Å². The van der Waals surface area contributed by atoms with Crippen molar-refractivity contribution in [3.8, 4) is 0 Å². The highest BCUT2D eigenvalue weighted by Crippen LogP contribution is 2.76. The van der Waals surface area contributed by atoms with Crippen LogP contribution in [0.25, 0.3) is 0 Å². The molecule has 16 nitrogen and oxygen atoms in total. The Hall–Kier alpha value is -2.54. The first kappa shape index (κ1) is 43.1. The molecule has 5 aliphatic carbocycles. The van der Waals surface area contributed by atoms with Gasteiger partial charge in [-0.15, -0.1) is 0 Å². The van der Waals surface area contributed by atoms with Crippen LogP contribution in [0.1, 0.15) is 99.8 Å². The molecule has 0 unspecified atom stereocenters. The molecule has 330 valence electrons. The number of carboxylic acids is 2. The summed E-state index contributed by atoms with van der Waals surface area (Å²) in [5, 5.41) is 72.9. The maximum absolute atomic E-state index is 15.0. The quantitative estimate of drug-likeness (QED) is 0.149. The molecule has 0 radical (unpaired) electrons. The summed E-state index contributed by atoms with van der Waals surface area (Å²) in [5.41, 5.74) is -1.31. The fraction of sp³-hybridized carbons (Fsp3) is 0.860. The number of carbonyl (C=O) groups is 4. The second kappa shape index (κ2) is 14.0. The maximum atomic E-state index is 15.0. The predicted octanol–water partition coefficient (Wildman–Crippen LogP) is 1.94. The Labute approximate surface area is 343 Å². The molecule has 3 saturated heterocycles. The van der Waals surface area contributed by atoms with Crippen molar-refractivity contribution in [2.24, 2.45) is 56.2 Å². The molecule has 0 aromatic carbocycles. The van der Waals surface area contributed by atoms with Gasteiger partial charge in [-0.1, -0.05) is 47.1 Å². The first-order chi connectivity index (χ1) is 27.4. The van der Waals surface area contributed by atoms with Gasteiger partial charge >= 0.3 is 17.9 Å². The number of carbonyl (C=O) groups excluding carboxylic acids is 2. The lowest BCUT2D eigenvalue weighted by Gasteiger charge is -2.71. The molecule has 0 amide bonds. The highest BCUT2D eigenvalue weighted by Gasteiger charge is 2.72. The largest absolute Gasteiger partial charge is 0.479 e. The first-order valence-electron chi connectivity index (χ1n) is 21.3. The van der Waals surface area contributed by atoms with E-state index in [1.54, 1.807) is 0 Å². The molecule has 7 fully saturated rings. The van der Waals surface area contributed by atoms with Crippen LogP contribution in [0.5, 0.6) is 0 Å². The number of ether oxygens (including phenoxy) is 5. The zero-order valence-corrected chi connectivity index (χ0v) is 34.9. The molecule has 20 atom stereocenters. The zero-order chi connectivity index (χ0) is 43.2. The van der Waals surface area contributed by atoms with Gasteiger partial charge < -0.3 is 59.4 Å². The van der Waals surface area contributed by atoms with Crippen LogP contribution in [0.2, 0.25) is 0 Å². The summed E-state index contributed by atoms with van der Waals surface area (Å²) in [5.74, 6) is -3.36. The summed E-state index contributed by atoms with van der Waals surface area (Å²) >= 11 is 0. The number of aliphatic hydroxyl groups excluding tert-OH is 5. The molecule has 3 aliphatic heterocycles. The van der Waals surface area contributed by atoms with Gasteiger partial charge in [0.05, 0.1) is 18.1 Å². The van der Waals surface area contributed by atoms with Gasteiger partial charge in [0.15, 0.2) is 30.6 Å². The number of carboxylic acid groups (broad SMARTS) is 2. The van der Waals surface area contributed by atoms with Crippen molar-refractivity contribution in [3.05, 3.63) is 11.6 Å². The third-order valence-electron chi connectivity index (χ3n) is 17.9. The molecule has 59 heavy (non-hydrogen) atoms. The minimum Gasteiger partial charge on any atom is -0.479 e. The minimum atomic E-state index is -2.04. The van der Waals surface area contributed by atoms with E-state index < -0.39 is 95.7 Å². The van der Waals surface area contributed by atoms with Crippen molar-refractivity contribution < 1.29 is 78.6 Å². The Balaban J connectivity index is 1.08. The van der Waals surface area contributed by atoms with Crippen molar-refractivity contribution in [3.63, 3.8) is 0 Å². The standard InChI is InChI=1S/C43H62O16/c1-38(2)22-8-11-43(7)32(21(44)14-19-20-16-39(3)15-18(17-55-37(39)54)40(20,4)12-13-42(19,43)6)41(22,5)10-9-23(38)56-36-31(27(48)26(47)30(58-36)34(52)53)59-35-28(49)24(45)25(46)29(57-35)33(50)51/h14,18,20,22-32,35-36,45-49H,8-13,15-17H2,1-7H3,(H,50,51)(H,52,53)/t18-,20-,22+,23+,24-,25+,26+,27+,28+,29-,30+,31-,32-,35-,36-,39-,40+,41+,42-,43-/m0/s1. The Morgan fingerprint density at radius 1 is 0.712 bits per heavy atom. The Morgan fingerprint density at radius 2 is 1.34 bits per heavy atom. The smallest absolute Gasteiger partial charge is 0.335 e. The summed E-state index contributed by atoms with van der Waals surface area (Å²) in [7, 11) is 0. The Kier molecular flexibility index (Phi) is 10.2. The lowest BCUT2D eigenvalue weighted by molar-refractivity contribution is -0.371. The van der Waals surface area contributed by atoms with Gasteiger partial charge in [0, 0.05) is 11.8 Å². The lowest BCUT2D eigenvalue weighted by Crippen LogP contribution is -2.68. The van der Waals surface area contributed by atoms with Crippen LogP contribution in [0, 0.1) is 56.2 Å². The molecule has 8 aliphatic rings. The number of cyclic esters (lactones) is 1. The predicted molar refractivity (Wildman–Crippen MR) is 202 cm³/mol. The fourth-order valence-electron chi connectivity index (χ4n) is 14.3. The van der Waals surface area contributed by atoms with Gasteiger partial charge in [-0.25, -0.2) is 9.59 Å². The van der Waals surface area contributed by atoms with E-state index in [-0.39, 0.29) is 51.7 Å². The zero-order valence-electron chi connectivity index (χ0n) is 34.9. The Bertz CT molecular complexity index is 1800. The number of esters is 1. The molecule has 0 aromatic heterocycles. The summed E-state index contributed by atoms with van der Waals surface area (Å²) in [6, 6.07) is 0. The van der Waals surface area contributed by atoms with E-state index in [0.717, 1.165) is 32.1 Å². The van der Waals surface area contributed by atoms with Crippen LogP contribution in [0.15, 0.2) is 11.6 Å². The van der Waals surface area contributed by atoms with Crippen molar-refractivity contribution >= 4 is 23.7 Å². The summed E-state index contributed by atoms with van der Waals surface area (Å²) in [6.45, 7) is 15.7. The van der Waals surface area contributed by atoms with Crippen LogP contribution in [0.3, 0.4) is 0 Å². The number of ketones is 1. The third-order valence-corrected chi connectivity index (χ3v) is 17.9. The van der Waals surface area contributed by atoms with Crippen LogP contribution in [-0.2, 0) is 42.9 Å². The minimum absolute atomic E-state index is 0.0731. The van der Waals surface area contributed by atoms with Gasteiger partial charge in [0.2, 0.25) is 0 Å². The molecule has 16 heteroatoms. The average Bonchev–Trinajstić information content (AvgIpc) is 3.15. The van der Waals surface area contributed by atoms with Gasteiger partial charge in [-0.05, 0) is 103 Å². The Morgan fingerprint density at radius 3 is 1.98 bits per heavy atom. The van der Waals surface area contributed by atoms with E-state index in [1.165, 1.54) is 5.57 Å². The van der Waals surface area contributed by atoms with E-state index in [1.807, 2.05) is 26.8 Å². The van der Waals surface area contributed by atoms with Crippen LogP contribution < -0.4 is 0 Å². The van der Waals surface area contributed by atoms with Crippen molar-refractivity contribution in [1.29, 1.82) is 0 Å². The highest BCUT2D eigenvalue weighted by atomic mass is 16.8. The SMILES string of the molecule is CC1(C)[C@H]2CC[C@@]3(C)[C@@H](C(=O)C=C4[C@@H]5C[C@]6(C)C[C@@H](COC6=O)[C@@]5(C)CC[C@@]43C)[C@]2(C)CC[C@H]1O[C@H]1O[C@@H](C(=O)O)[C@H](O)[C@@H](O)[C@@H]1O[C@@H]1O[C@H](C(=O)O)[C@H](O)[C@H](O)[C@H]1O. The van der Waals surface area contributed by atoms with Gasteiger partial charge in [0.1, 0.15) is 36.6 Å². The molecule has 4 saturated carbocycles. The number of rotatable bonds is 6. The molecule has 8 rings (SSSR count). The van der Waals surface area contributed by atoms with Gasteiger partial charge in [0.25, 0.3) is 0 Å². The summed E-state index contributed by atoms with van der Waals surface area (Å²) in [6.07, 6.45) is -12.3. The number of hydrogen-bond donors (Lipinski definition) is 7. The van der Waals surface area contributed by atoms with E-state index in [0.29, 0.717) is 25.9 Å².